The van der Waals surface area contributed by atoms with Crippen molar-refractivity contribution < 1.29 is 18.3 Å². The summed E-state index contributed by atoms with van der Waals surface area (Å²) in [4.78, 5) is 0. The van der Waals surface area contributed by atoms with Crippen molar-refractivity contribution in [1.29, 1.82) is 0 Å². The van der Waals surface area contributed by atoms with Gasteiger partial charge in [-0.3, -0.25) is 0 Å². The van der Waals surface area contributed by atoms with Gasteiger partial charge in [-0.25, -0.2) is 0 Å². The van der Waals surface area contributed by atoms with Gasteiger partial charge in [-0.1, -0.05) is 18.6 Å². The van der Waals surface area contributed by atoms with Gasteiger partial charge in [0, 0.05) is 11.8 Å². The zero-order valence-corrected chi connectivity index (χ0v) is 8.67. The summed E-state index contributed by atoms with van der Waals surface area (Å²) < 4.78 is 39.4. The first-order chi connectivity index (χ1) is 7.44. The maximum Gasteiger partial charge on any atom is 0.401 e. The fourth-order valence-corrected chi connectivity index (χ4v) is 5.16. The number of hydrogen-bond acceptors (Lipinski definition) is 1. The van der Waals surface area contributed by atoms with Crippen molar-refractivity contribution in [2.45, 2.75) is 31.0 Å². The van der Waals surface area contributed by atoms with Gasteiger partial charge in [0.2, 0.25) is 0 Å². The molecule has 0 aliphatic heterocycles. The highest BCUT2D eigenvalue weighted by Crippen LogP contribution is 2.85. The Morgan fingerprint density at radius 2 is 1.88 bits per heavy atom. The lowest BCUT2D eigenvalue weighted by atomic mass is 9.82. The van der Waals surface area contributed by atoms with E-state index in [1.165, 1.54) is 6.08 Å². The molecule has 0 aromatic rings. The van der Waals surface area contributed by atoms with Crippen molar-refractivity contribution in [2.24, 2.45) is 29.1 Å². The summed E-state index contributed by atoms with van der Waals surface area (Å²) in [6.45, 7) is 0. The summed E-state index contributed by atoms with van der Waals surface area (Å²) in [6, 6.07) is 0. The average molecular weight is 230 g/mol. The summed E-state index contributed by atoms with van der Waals surface area (Å²) in [5, 5.41) is 10.4. The fraction of sp³-hybridized carbons (Fsp3) is 0.833. The molecule has 3 saturated carbocycles. The smallest absolute Gasteiger partial charge is 0.388 e. The van der Waals surface area contributed by atoms with E-state index in [0.29, 0.717) is 5.92 Å². The minimum absolute atomic E-state index is 0.103. The van der Waals surface area contributed by atoms with E-state index in [2.05, 4.69) is 0 Å². The molecule has 3 fully saturated rings. The van der Waals surface area contributed by atoms with E-state index in [1.54, 1.807) is 6.08 Å². The van der Waals surface area contributed by atoms with E-state index in [4.69, 9.17) is 0 Å². The first kappa shape index (κ1) is 9.51. The van der Waals surface area contributed by atoms with E-state index < -0.39 is 23.1 Å². The highest BCUT2D eigenvalue weighted by molar-refractivity contribution is 5.47. The standard InChI is InChI=1S/C12H13F3O/c13-12(14,15)10-5-4-8-6-2-1-3-7(6)9(10)11(8,10)16/h4-9,16H,1-3H2/t6-,7?,8?,9?,10?,11?/m1/s1. The highest BCUT2D eigenvalue weighted by atomic mass is 19.4. The quantitative estimate of drug-likeness (QED) is 0.634. The maximum atomic E-state index is 13.1. The van der Waals surface area contributed by atoms with E-state index >= 15 is 0 Å². The van der Waals surface area contributed by atoms with Crippen molar-refractivity contribution in [3.63, 3.8) is 0 Å². The zero-order valence-electron chi connectivity index (χ0n) is 8.67. The van der Waals surface area contributed by atoms with Crippen LogP contribution in [0.3, 0.4) is 0 Å². The van der Waals surface area contributed by atoms with Crippen LogP contribution in [0.25, 0.3) is 0 Å². The van der Waals surface area contributed by atoms with Crippen molar-refractivity contribution in [3.05, 3.63) is 12.2 Å². The Labute approximate surface area is 91.3 Å². The second-order valence-corrected chi connectivity index (χ2v) is 5.81. The van der Waals surface area contributed by atoms with E-state index in [9.17, 15) is 18.3 Å². The van der Waals surface area contributed by atoms with Crippen LogP contribution in [0.2, 0.25) is 0 Å². The van der Waals surface area contributed by atoms with E-state index in [1.807, 2.05) is 0 Å². The molecule has 5 unspecified atom stereocenters. The molecular formula is C12H13F3O. The summed E-state index contributed by atoms with van der Waals surface area (Å²) >= 11 is 0. The normalized spacial score (nSPS) is 61.2. The lowest BCUT2D eigenvalue weighted by Crippen LogP contribution is -2.36. The molecule has 0 radical (unpaired) electrons. The Hall–Kier alpha value is -0.510. The molecule has 88 valence electrons. The molecule has 6 atom stereocenters. The number of halogens is 3. The fourth-order valence-electron chi connectivity index (χ4n) is 5.16. The van der Waals surface area contributed by atoms with Crippen LogP contribution in [-0.2, 0) is 0 Å². The van der Waals surface area contributed by atoms with Crippen LogP contribution in [0.15, 0.2) is 12.2 Å². The van der Waals surface area contributed by atoms with Gasteiger partial charge in [-0.15, -0.1) is 0 Å². The summed E-state index contributed by atoms with van der Waals surface area (Å²) in [6.07, 6.45) is 1.51. The largest absolute Gasteiger partial charge is 0.401 e. The molecule has 0 aromatic heterocycles. The van der Waals surface area contributed by atoms with Gasteiger partial charge in [-0.2, -0.15) is 13.2 Å². The van der Waals surface area contributed by atoms with Gasteiger partial charge in [0.1, 0.15) is 5.41 Å². The van der Waals surface area contributed by atoms with Crippen LogP contribution in [0.4, 0.5) is 13.2 Å². The van der Waals surface area contributed by atoms with Gasteiger partial charge in [0.15, 0.2) is 0 Å². The Morgan fingerprint density at radius 3 is 2.56 bits per heavy atom. The number of rotatable bonds is 0. The Bertz CT molecular complexity index is 402. The van der Waals surface area contributed by atoms with E-state index in [-0.39, 0.29) is 11.8 Å². The third-order valence-electron chi connectivity index (χ3n) is 5.60. The molecule has 4 aliphatic carbocycles. The molecule has 0 saturated heterocycles. The molecule has 0 amide bonds. The van der Waals surface area contributed by atoms with Crippen LogP contribution in [-0.4, -0.2) is 16.9 Å². The predicted molar refractivity (Wildman–Crippen MR) is 50.4 cm³/mol. The number of fused-ring (bicyclic) bond motifs is 4. The topological polar surface area (TPSA) is 20.2 Å². The molecule has 4 aliphatic rings. The first-order valence-corrected chi connectivity index (χ1v) is 5.93. The van der Waals surface area contributed by atoms with Crippen molar-refractivity contribution in [3.8, 4) is 0 Å². The van der Waals surface area contributed by atoms with Crippen LogP contribution in [0.5, 0.6) is 0 Å². The van der Waals surface area contributed by atoms with Crippen LogP contribution in [0.1, 0.15) is 19.3 Å². The van der Waals surface area contributed by atoms with Gasteiger partial charge in [-0.05, 0) is 24.7 Å². The SMILES string of the molecule is OC12C3C=CC1(C(F)(F)F)C2C1CCC[C@H]13. The minimum Gasteiger partial charge on any atom is -0.388 e. The first-order valence-electron chi connectivity index (χ1n) is 5.93. The van der Waals surface area contributed by atoms with Crippen molar-refractivity contribution in [1.82, 2.24) is 0 Å². The third-order valence-corrected chi connectivity index (χ3v) is 5.60. The molecule has 1 N–H and O–H groups in total. The van der Waals surface area contributed by atoms with Gasteiger partial charge in [0.25, 0.3) is 0 Å². The maximum absolute atomic E-state index is 13.1. The Morgan fingerprint density at radius 1 is 1.19 bits per heavy atom. The number of hydrogen-bond donors (Lipinski definition) is 1. The summed E-state index contributed by atoms with van der Waals surface area (Å²) in [7, 11) is 0. The molecule has 1 nitrogen and oxygen atoms in total. The number of alkyl halides is 3. The Balaban J connectivity index is 1.85. The second-order valence-electron chi connectivity index (χ2n) is 5.81. The van der Waals surface area contributed by atoms with Gasteiger partial charge in [0.05, 0.1) is 5.60 Å². The second kappa shape index (κ2) is 2.22. The molecule has 4 heteroatoms. The minimum atomic E-state index is -4.29. The molecule has 0 heterocycles. The molecule has 4 rings (SSSR count). The summed E-state index contributed by atoms with van der Waals surface area (Å²) in [5.41, 5.74) is -3.35. The lowest BCUT2D eigenvalue weighted by Gasteiger charge is -2.26. The predicted octanol–water partition coefficient (Wildman–Crippen LogP) is 2.51. The molecule has 0 bridgehead atoms. The monoisotopic (exact) mass is 230 g/mol. The molecule has 0 aromatic carbocycles. The Kier molecular flexibility index (Phi) is 1.32. The zero-order chi connectivity index (χ0) is 11.3. The van der Waals surface area contributed by atoms with Crippen LogP contribution in [0, 0.1) is 29.1 Å². The van der Waals surface area contributed by atoms with Crippen LogP contribution < -0.4 is 0 Å². The molecule has 16 heavy (non-hydrogen) atoms. The lowest BCUT2D eigenvalue weighted by molar-refractivity contribution is -0.197. The van der Waals surface area contributed by atoms with Gasteiger partial charge >= 0.3 is 6.18 Å². The van der Waals surface area contributed by atoms with Crippen molar-refractivity contribution >= 4 is 0 Å². The number of aliphatic hydroxyl groups is 1. The summed E-state index contributed by atoms with van der Waals surface area (Å²) in [5.74, 6) is -0.357. The molecule has 0 spiro atoms. The molecular weight excluding hydrogens is 217 g/mol. The van der Waals surface area contributed by atoms with Crippen molar-refractivity contribution in [2.75, 3.05) is 0 Å². The van der Waals surface area contributed by atoms with E-state index in [0.717, 1.165) is 19.3 Å². The van der Waals surface area contributed by atoms with Crippen LogP contribution >= 0.6 is 0 Å². The highest BCUT2D eigenvalue weighted by Gasteiger charge is 2.94. The average Bonchev–Trinajstić information content (AvgIpc) is 2.55. The van der Waals surface area contributed by atoms with Gasteiger partial charge < -0.3 is 5.11 Å². The third kappa shape index (κ3) is 0.637.